The molecule has 0 atom stereocenters. The molecular weight excluding hydrogens is 224 g/mol. The average molecular weight is 246 g/mol. The van der Waals surface area contributed by atoms with Crippen molar-refractivity contribution in [3.8, 4) is 5.75 Å². The van der Waals surface area contributed by atoms with Gasteiger partial charge in [-0.15, -0.1) is 0 Å². The fourth-order valence-corrected chi connectivity index (χ4v) is 2.47. The number of aryl methyl sites for hydroxylation is 1. The van der Waals surface area contributed by atoms with Crippen molar-refractivity contribution in [1.29, 1.82) is 0 Å². The molecule has 0 amide bonds. The van der Waals surface area contributed by atoms with Crippen LogP contribution in [0.3, 0.4) is 0 Å². The summed E-state index contributed by atoms with van der Waals surface area (Å²) in [6.45, 7) is 8.33. The lowest BCUT2D eigenvalue weighted by Crippen LogP contribution is -2.14. The highest BCUT2D eigenvalue weighted by Crippen LogP contribution is 2.34. The Morgan fingerprint density at radius 3 is 2.67 bits per heavy atom. The minimum absolute atomic E-state index is 0.106. The van der Waals surface area contributed by atoms with E-state index >= 15 is 0 Å². The van der Waals surface area contributed by atoms with Crippen LogP contribution >= 0.6 is 0 Å². The molecule has 98 valence electrons. The molecule has 2 heteroatoms. The van der Waals surface area contributed by atoms with Crippen molar-refractivity contribution in [3.05, 3.63) is 29.3 Å². The topological polar surface area (TPSA) is 26.3 Å². The molecule has 1 aromatic carbocycles. The first-order valence-corrected chi connectivity index (χ1v) is 6.70. The van der Waals surface area contributed by atoms with Gasteiger partial charge in [0.2, 0.25) is 0 Å². The van der Waals surface area contributed by atoms with Gasteiger partial charge in [-0.05, 0) is 49.8 Å². The van der Waals surface area contributed by atoms with Gasteiger partial charge in [-0.2, -0.15) is 0 Å². The zero-order chi connectivity index (χ0) is 13.3. The Morgan fingerprint density at radius 2 is 2.00 bits per heavy atom. The Bertz CT molecular complexity index is 458. The van der Waals surface area contributed by atoms with E-state index in [2.05, 4.69) is 13.8 Å². The van der Waals surface area contributed by atoms with Crippen molar-refractivity contribution >= 4 is 5.78 Å². The lowest BCUT2D eigenvalue weighted by atomic mass is 9.84. The SMILES string of the molecule is CC(C)Oc1ccc2c(c1)C(=O)CC(C)(C)CC2. The third-order valence-electron chi connectivity index (χ3n) is 3.46. The normalized spacial score (nSPS) is 18.4. The van der Waals surface area contributed by atoms with Crippen LogP contribution in [0.2, 0.25) is 0 Å². The standard InChI is InChI=1S/C16H22O2/c1-11(2)18-13-6-5-12-7-8-16(3,4)10-15(17)14(12)9-13/h5-6,9,11H,7-8,10H2,1-4H3. The molecule has 0 spiro atoms. The van der Waals surface area contributed by atoms with Crippen molar-refractivity contribution in [2.45, 2.75) is 53.1 Å². The second kappa shape index (κ2) is 4.75. The van der Waals surface area contributed by atoms with E-state index in [1.54, 1.807) is 0 Å². The minimum atomic E-state index is 0.106. The van der Waals surface area contributed by atoms with E-state index in [4.69, 9.17) is 4.74 Å². The quantitative estimate of drug-likeness (QED) is 0.737. The number of rotatable bonds is 2. The van der Waals surface area contributed by atoms with Crippen LogP contribution in [0, 0.1) is 5.41 Å². The van der Waals surface area contributed by atoms with Gasteiger partial charge >= 0.3 is 0 Å². The van der Waals surface area contributed by atoms with Crippen molar-refractivity contribution in [2.75, 3.05) is 0 Å². The lowest BCUT2D eigenvalue weighted by Gasteiger charge is -2.20. The van der Waals surface area contributed by atoms with Crippen LogP contribution in [0.15, 0.2) is 18.2 Å². The first kappa shape index (κ1) is 13.1. The molecule has 1 aliphatic carbocycles. The van der Waals surface area contributed by atoms with Gasteiger partial charge in [0.25, 0.3) is 0 Å². The third kappa shape index (κ3) is 2.92. The molecule has 0 bridgehead atoms. The Kier molecular flexibility index (Phi) is 3.47. The van der Waals surface area contributed by atoms with E-state index in [0.717, 1.165) is 24.2 Å². The fourth-order valence-electron chi connectivity index (χ4n) is 2.47. The molecule has 0 radical (unpaired) electrons. The molecule has 0 saturated heterocycles. The number of ketones is 1. The van der Waals surface area contributed by atoms with E-state index in [1.165, 1.54) is 5.56 Å². The number of carbonyl (C=O) groups is 1. The summed E-state index contributed by atoms with van der Waals surface area (Å²) < 4.78 is 5.67. The molecule has 0 fully saturated rings. The zero-order valence-corrected chi connectivity index (χ0v) is 11.7. The Hall–Kier alpha value is -1.31. The van der Waals surface area contributed by atoms with E-state index in [0.29, 0.717) is 6.42 Å². The van der Waals surface area contributed by atoms with Gasteiger partial charge in [0, 0.05) is 12.0 Å². The highest BCUT2D eigenvalue weighted by Gasteiger charge is 2.28. The van der Waals surface area contributed by atoms with Crippen LogP contribution in [0.25, 0.3) is 0 Å². The second-order valence-corrected chi connectivity index (χ2v) is 6.25. The van der Waals surface area contributed by atoms with Crippen molar-refractivity contribution in [1.82, 2.24) is 0 Å². The number of benzene rings is 1. The third-order valence-corrected chi connectivity index (χ3v) is 3.46. The maximum absolute atomic E-state index is 12.3. The van der Waals surface area contributed by atoms with Crippen LogP contribution in [-0.4, -0.2) is 11.9 Å². The minimum Gasteiger partial charge on any atom is -0.491 e. The van der Waals surface area contributed by atoms with E-state index < -0.39 is 0 Å². The summed E-state index contributed by atoms with van der Waals surface area (Å²) in [7, 11) is 0. The van der Waals surface area contributed by atoms with Crippen LogP contribution < -0.4 is 4.74 Å². The largest absolute Gasteiger partial charge is 0.491 e. The molecule has 0 heterocycles. The lowest BCUT2D eigenvalue weighted by molar-refractivity contribution is 0.0933. The Labute approximate surface area is 109 Å². The number of ether oxygens (including phenoxy) is 1. The monoisotopic (exact) mass is 246 g/mol. The smallest absolute Gasteiger partial charge is 0.163 e. The molecule has 0 aliphatic heterocycles. The highest BCUT2D eigenvalue weighted by atomic mass is 16.5. The molecule has 0 unspecified atom stereocenters. The molecule has 2 nitrogen and oxygen atoms in total. The van der Waals surface area contributed by atoms with Crippen LogP contribution in [-0.2, 0) is 6.42 Å². The first-order valence-electron chi connectivity index (χ1n) is 6.70. The van der Waals surface area contributed by atoms with E-state index in [1.807, 2.05) is 32.0 Å². The number of hydrogen-bond donors (Lipinski definition) is 0. The summed E-state index contributed by atoms with van der Waals surface area (Å²) in [6, 6.07) is 5.94. The van der Waals surface area contributed by atoms with Crippen molar-refractivity contribution < 1.29 is 9.53 Å². The number of fused-ring (bicyclic) bond motifs is 1. The molecule has 1 aromatic rings. The molecule has 1 aliphatic rings. The van der Waals surface area contributed by atoms with Crippen LogP contribution in [0.1, 0.15) is 56.5 Å². The summed E-state index contributed by atoms with van der Waals surface area (Å²) in [4.78, 5) is 12.3. The number of Topliss-reactive ketones (excluding diaryl/α,β-unsaturated/α-hetero) is 1. The molecule has 0 saturated carbocycles. The first-order chi connectivity index (χ1) is 8.37. The molecule has 18 heavy (non-hydrogen) atoms. The summed E-state index contributed by atoms with van der Waals surface area (Å²) >= 11 is 0. The predicted octanol–water partition coefficient (Wildman–Crippen LogP) is 4.02. The highest BCUT2D eigenvalue weighted by molar-refractivity contribution is 5.98. The van der Waals surface area contributed by atoms with Crippen molar-refractivity contribution in [3.63, 3.8) is 0 Å². The summed E-state index contributed by atoms with van der Waals surface area (Å²) in [5.74, 6) is 1.05. The maximum atomic E-state index is 12.3. The summed E-state index contributed by atoms with van der Waals surface area (Å²) in [5, 5.41) is 0. The molecule has 2 rings (SSSR count). The number of carbonyl (C=O) groups excluding carboxylic acids is 1. The van der Waals surface area contributed by atoms with Crippen LogP contribution in [0.4, 0.5) is 0 Å². The maximum Gasteiger partial charge on any atom is 0.163 e. The van der Waals surface area contributed by atoms with Crippen molar-refractivity contribution in [2.24, 2.45) is 5.41 Å². The summed E-state index contributed by atoms with van der Waals surface area (Å²) in [6.07, 6.45) is 2.82. The average Bonchev–Trinajstić information content (AvgIpc) is 2.35. The van der Waals surface area contributed by atoms with Gasteiger partial charge in [-0.3, -0.25) is 4.79 Å². The molecule has 0 N–H and O–H groups in total. The van der Waals surface area contributed by atoms with Gasteiger partial charge < -0.3 is 4.74 Å². The number of hydrogen-bond acceptors (Lipinski definition) is 2. The van der Waals surface area contributed by atoms with Gasteiger partial charge in [-0.25, -0.2) is 0 Å². The molecule has 0 aromatic heterocycles. The summed E-state index contributed by atoms with van der Waals surface area (Å²) in [5.41, 5.74) is 2.13. The van der Waals surface area contributed by atoms with Gasteiger partial charge in [0.15, 0.2) is 5.78 Å². The van der Waals surface area contributed by atoms with E-state index in [-0.39, 0.29) is 17.3 Å². The van der Waals surface area contributed by atoms with Gasteiger partial charge in [0.1, 0.15) is 5.75 Å². The zero-order valence-electron chi connectivity index (χ0n) is 11.7. The Morgan fingerprint density at radius 1 is 1.28 bits per heavy atom. The van der Waals surface area contributed by atoms with E-state index in [9.17, 15) is 4.79 Å². The van der Waals surface area contributed by atoms with Gasteiger partial charge in [0.05, 0.1) is 6.10 Å². The van der Waals surface area contributed by atoms with Gasteiger partial charge in [-0.1, -0.05) is 19.9 Å². The second-order valence-electron chi connectivity index (χ2n) is 6.25. The predicted molar refractivity (Wildman–Crippen MR) is 73.3 cm³/mol. The Balaban J connectivity index is 2.33. The fraction of sp³-hybridized carbons (Fsp3) is 0.562. The van der Waals surface area contributed by atoms with Crippen LogP contribution in [0.5, 0.6) is 5.75 Å². The molecular formula is C16H22O2.